The molecule has 1 aliphatic rings. The van der Waals surface area contributed by atoms with E-state index in [1.165, 1.54) is 5.56 Å². The van der Waals surface area contributed by atoms with Crippen LogP contribution in [0.1, 0.15) is 41.6 Å². The van der Waals surface area contributed by atoms with Crippen LogP contribution in [0, 0.1) is 0 Å². The normalized spacial score (nSPS) is 19.6. The molecule has 4 nitrogen and oxygen atoms in total. The van der Waals surface area contributed by atoms with Crippen LogP contribution in [-0.2, 0) is 6.54 Å². The van der Waals surface area contributed by atoms with Crippen molar-refractivity contribution in [3.8, 4) is 0 Å². The topological polar surface area (TPSA) is 43.8 Å². The Labute approximate surface area is 127 Å². The van der Waals surface area contributed by atoms with Crippen molar-refractivity contribution >= 4 is 5.91 Å². The Kier molecular flexibility index (Phi) is 5.76. The van der Waals surface area contributed by atoms with Gasteiger partial charge in [0.15, 0.2) is 0 Å². The first-order valence-electron chi connectivity index (χ1n) is 7.77. The number of likely N-dealkylation sites (tertiary alicyclic amines) is 1. The SMILES string of the molecule is CN(C)Cc1ccc(C(=O)N2CCCCCC2CO)cc1. The number of hydrogen-bond donors (Lipinski definition) is 1. The molecule has 0 aliphatic carbocycles. The van der Waals surface area contributed by atoms with Crippen molar-refractivity contribution in [2.75, 3.05) is 27.2 Å². The summed E-state index contributed by atoms with van der Waals surface area (Å²) < 4.78 is 0. The van der Waals surface area contributed by atoms with Crippen molar-refractivity contribution in [1.29, 1.82) is 0 Å². The Morgan fingerprint density at radius 1 is 1.24 bits per heavy atom. The monoisotopic (exact) mass is 290 g/mol. The number of aliphatic hydroxyl groups excluding tert-OH is 1. The van der Waals surface area contributed by atoms with Gasteiger partial charge in [0.05, 0.1) is 12.6 Å². The maximum atomic E-state index is 12.7. The number of amides is 1. The zero-order chi connectivity index (χ0) is 15.2. The van der Waals surface area contributed by atoms with Crippen molar-refractivity contribution < 1.29 is 9.90 Å². The Balaban J connectivity index is 2.10. The van der Waals surface area contributed by atoms with Crippen molar-refractivity contribution in [2.24, 2.45) is 0 Å². The summed E-state index contributed by atoms with van der Waals surface area (Å²) in [6.45, 7) is 1.69. The lowest BCUT2D eigenvalue weighted by Gasteiger charge is -2.28. The van der Waals surface area contributed by atoms with Gasteiger partial charge in [-0.05, 0) is 44.6 Å². The molecule has 1 N–H and O–H groups in total. The maximum Gasteiger partial charge on any atom is 0.254 e. The Hall–Kier alpha value is -1.39. The van der Waals surface area contributed by atoms with Crippen LogP contribution in [0.3, 0.4) is 0 Å². The third-order valence-corrected chi connectivity index (χ3v) is 4.05. The van der Waals surface area contributed by atoms with E-state index in [0.29, 0.717) is 0 Å². The van der Waals surface area contributed by atoms with Gasteiger partial charge < -0.3 is 14.9 Å². The highest BCUT2D eigenvalue weighted by Gasteiger charge is 2.25. The number of hydrogen-bond acceptors (Lipinski definition) is 3. The molecule has 1 aromatic carbocycles. The molecule has 1 heterocycles. The van der Waals surface area contributed by atoms with E-state index < -0.39 is 0 Å². The average Bonchev–Trinajstić information content (AvgIpc) is 2.71. The molecule has 21 heavy (non-hydrogen) atoms. The van der Waals surface area contributed by atoms with Crippen LogP contribution in [0.15, 0.2) is 24.3 Å². The van der Waals surface area contributed by atoms with Gasteiger partial charge in [-0.3, -0.25) is 4.79 Å². The van der Waals surface area contributed by atoms with Crippen LogP contribution in [0.5, 0.6) is 0 Å². The standard InChI is InChI=1S/C17H26N2O2/c1-18(2)12-14-7-9-15(10-8-14)17(21)19-11-5-3-4-6-16(19)13-20/h7-10,16,20H,3-6,11-13H2,1-2H3. The summed E-state index contributed by atoms with van der Waals surface area (Å²) in [6.07, 6.45) is 4.17. The van der Waals surface area contributed by atoms with Crippen molar-refractivity contribution in [3.63, 3.8) is 0 Å². The van der Waals surface area contributed by atoms with Crippen LogP contribution in [0.4, 0.5) is 0 Å². The Morgan fingerprint density at radius 2 is 1.95 bits per heavy atom. The molecule has 2 rings (SSSR count). The third kappa shape index (κ3) is 4.29. The lowest BCUT2D eigenvalue weighted by molar-refractivity contribution is 0.0600. The number of aliphatic hydroxyl groups is 1. The van der Waals surface area contributed by atoms with Gasteiger partial charge in [-0.2, -0.15) is 0 Å². The highest BCUT2D eigenvalue weighted by atomic mass is 16.3. The molecule has 1 aromatic rings. The van der Waals surface area contributed by atoms with Gasteiger partial charge in [-0.1, -0.05) is 25.0 Å². The summed E-state index contributed by atoms with van der Waals surface area (Å²) in [6, 6.07) is 7.81. The largest absolute Gasteiger partial charge is 0.394 e. The summed E-state index contributed by atoms with van der Waals surface area (Å²) >= 11 is 0. The van der Waals surface area contributed by atoms with Crippen LogP contribution >= 0.6 is 0 Å². The number of carbonyl (C=O) groups excluding carboxylic acids is 1. The van der Waals surface area contributed by atoms with E-state index in [0.717, 1.165) is 44.3 Å². The average molecular weight is 290 g/mol. The van der Waals surface area contributed by atoms with Crippen molar-refractivity contribution in [3.05, 3.63) is 35.4 Å². The molecule has 116 valence electrons. The molecule has 4 heteroatoms. The first-order valence-corrected chi connectivity index (χ1v) is 7.77. The second-order valence-corrected chi connectivity index (χ2v) is 6.12. The summed E-state index contributed by atoms with van der Waals surface area (Å²) in [5.74, 6) is 0.0485. The fourth-order valence-electron chi connectivity index (χ4n) is 2.92. The molecule has 0 bridgehead atoms. The third-order valence-electron chi connectivity index (χ3n) is 4.05. The van der Waals surface area contributed by atoms with E-state index in [1.54, 1.807) is 0 Å². The van der Waals surface area contributed by atoms with Gasteiger partial charge in [0.25, 0.3) is 5.91 Å². The molecule has 0 aromatic heterocycles. The predicted octanol–water partition coefficient (Wildman–Crippen LogP) is 2.13. The summed E-state index contributed by atoms with van der Waals surface area (Å²) in [5, 5.41) is 9.53. The smallest absolute Gasteiger partial charge is 0.254 e. The van der Waals surface area contributed by atoms with Gasteiger partial charge in [0.2, 0.25) is 0 Å². The molecule has 1 atom stereocenters. The van der Waals surface area contributed by atoms with E-state index in [2.05, 4.69) is 4.90 Å². The molecular weight excluding hydrogens is 264 g/mol. The highest BCUT2D eigenvalue weighted by Crippen LogP contribution is 2.19. The fraction of sp³-hybridized carbons (Fsp3) is 0.588. The van der Waals surface area contributed by atoms with Gasteiger partial charge in [0.1, 0.15) is 0 Å². The van der Waals surface area contributed by atoms with Crippen molar-refractivity contribution in [1.82, 2.24) is 9.80 Å². The van der Waals surface area contributed by atoms with E-state index in [4.69, 9.17) is 0 Å². The summed E-state index contributed by atoms with van der Waals surface area (Å²) in [7, 11) is 4.06. The van der Waals surface area contributed by atoms with Crippen LogP contribution in [-0.4, -0.2) is 54.1 Å². The molecule has 1 aliphatic heterocycles. The molecule has 1 saturated heterocycles. The molecule has 1 amide bonds. The van der Waals surface area contributed by atoms with Crippen LogP contribution in [0.2, 0.25) is 0 Å². The van der Waals surface area contributed by atoms with Gasteiger partial charge in [-0.15, -0.1) is 0 Å². The van der Waals surface area contributed by atoms with Gasteiger partial charge >= 0.3 is 0 Å². The minimum atomic E-state index is -0.0264. The predicted molar refractivity (Wildman–Crippen MR) is 84.2 cm³/mol. The summed E-state index contributed by atoms with van der Waals surface area (Å²) in [5.41, 5.74) is 1.92. The van der Waals surface area contributed by atoms with E-state index in [1.807, 2.05) is 43.3 Å². The lowest BCUT2D eigenvalue weighted by Crippen LogP contribution is -2.42. The first-order chi connectivity index (χ1) is 10.1. The lowest BCUT2D eigenvalue weighted by atomic mass is 10.1. The van der Waals surface area contributed by atoms with E-state index in [9.17, 15) is 9.90 Å². The van der Waals surface area contributed by atoms with Crippen LogP contribution < -0.4 is 0 Å². The highest BCUT2D eigenvalue weighted by molar-refractivity contribution is 5.94. The minimum Gasteiger partial charge on any atom is -0.394 e. The molecule has 1 fully saturated rings. The molecule has 1 unspecified atom stereocenters. The zero-order valence-corrected chi connectivity index (χ0v) is 13.1. The fourth-order valence-corrected chi connectivity index (χ4v) is 2.92. The van der Waals surface area contributed by atoms with E-state index in [-0.39, 0.29) is 18.6 Å². The first kappa shape index (κ1) is 16.0. The second-order valence-electron chi connectivity index (χ2n) is 6.12. The summed E-state index contributed by atoms with van der Waals surface area (Å²) in [4.78, 5) is 16.6. The Bertz CT molecular complexity index is 456. The van der Waals surface area contributed by atoms with E-state index >= 15 is 0 Å². The van der Waals surface area contributed by atoms with Crippen molar-refractivity contribution in [2.45, 2.75) is 38.3 Å². The number of carbonyl (C=O) groups is 1. The Morgan fingerprint density at radius 3 is 2.57 bits per heavy atom. The second kappa shape index (κ2) is 7.57. The minimum absolute atomic E-state index is 0.0264. The molecule has 0 saturated carbocycles. The van der Waals surface area contributed by atoms with Gasteiger partial charge in [-0.25, -0.2) is 0 Å². The zero-order valence-electron chi connectivity index (χ0n) is 13.1. The number of nitrogens with zero attached hydrogens (tertiary/aromatic N) is 2. The maximum absolute atomic E-state index is 12.7. The van der Waals surface area contributed by atoms with Gasteiger partial charge in [0, 0.05) is 18.7 Å². The molecular formula is C17H26N2O2. The molecule has 0 radical (unpaired) electrons. The van der Waals surface area contributed by atoms with Crippen LogP contribution in [0.25, 0.3) is 0 Å². The quantitative estimate of drug-likeness (QED) is 0.924. The number of benzene rings is 1. The number of rotatable bonds is 4. The molecule has 0 spiro atoms.